The van der Waals surface area contributed by atoms with Crippen LogP contribution in [0.1, 0.15) is 33.1 Å². The molecule has 56 valence electrons. The molecule has 0 aliphatic heterocycles. The molecule has 0 saturated carbocycles. The van der Waals surface area contributed by atoms with E-state index in [9.17, 15) is 0 Å². The van der Waals surface area contributed by atoms with E-state index in [0.29, 0.717) is 0 Å². The summed E-state index contributed by atoms with van der Waals surface area (Å²) >= 11 is 0. The highest BCUT2D eigenvalue weighted by molar-refractivity contribution is 4.57. The van der Waals surface area contributed by atoms with Crippen LogP contribution in [0.4, 0.5) is 0 Å². The largest absolute Gasteiger partial charge is 0.307 e. The van der Waals surface area contributed by atoms with Gasteiger partial charge >= 0.3 is 0 Å². The lowest BCUT2D eigenvalue weighted by molar-refractivity contribution is 0.293. The van der Waals surface area contributed by atoms with Gasteiger partial charge in [-0.2, -0.15) is 0 Å². The summed E-state index contributed by atoms with van der Waals surface area (Å²) in [6, 6.07) is 0.755. The molecule has 1 atom stereocenters. The van der Waals surface area contributed by atoms with Crippen LogP contribution in [0.2, 0.25) is 0 Å². The molecule has 0 aliphatic rings. The fraction of sp³-hybridized carbons (Fsp3) is 1.00. The Morgan fingerprint density at radius 2 is 1.89 bits per heavy atom. The van der Waals surface area contributed by atoms with Gasteiger partial charge in [0.2, 0.25) is 0 Å². The van der Waals surface area contributed by atoms with Crippen LogP contribution in [-0.2, 0) is 0 Å². The molecule has 0 saturated heterocycles. The summed E-state index contributed by atoms with van der Waals surface area (Å²) in [5.74, 6) is 0. The summed E-state index contributed by atoms with van der Waals surface area (Å²) in [5, 5.41) is 0. The van der Waals surface area contributed by atoms with Gasteiger partial charge in [0, 0.05) is 6.04 Å². The topological polar surface area (TPSA) is 3.24 Å². The second kappa shape index (κ2) is 4.80. The third-order valence-electron chi connectivity index (χ3n) is 1.86. The zero-order valence-corrected chi connectivity index (χ0v) is 7.15. The van der Waals surface area contributed by atoms with E-state index >= 15 is 0 Å². The molecular formula is C8H19N. The van der Waals surface area contributed by atoms with Gasteiger partial charge in [-0.15, -0.1) is 0 Å². The predicted molar refractivity (Wildman–Crippen MR) is 42.7 cm³/mol. The van der Waals surface area contributed by atoms with Crippen molar-refractivity contribution >= 4 is 0 Å². The number of nitrogens with zero attached hydrogens (tertiary/aromatic N) is 1. The van der Waals surface area contributed by atoms with Gasteiger partial charge in [-0.1, -0.05) is 19.8 Å². The fourth-order valence-corrected chi connectivity index (χ4v) is 0.758. The van der Waals surface area contributed by atoms with E-state index in [1.54, 1.807) is 0 Å². The van der Waals surface area contributed by atoms with Crippen LogP contribution in [0.15, 0.2) is 0 Å². The Bertz CT molecular complexity index is 59.6. The van der Waals surface area contributed by atoms with E-state index in [2.05, 4.69) is 32.8 Å². The lowest BCUT2D eigenvalue weighted by Gasteiger charge is -2.18. The third kappa shape index (κ3) is 4.46. The van der Waals surface area contributed by atoms with E-state index in [4.69, 9.17) is 0 Å². The summed E-state index contributed by atoms with van der Waals surface area (Å²) < 4.78 is 0. The first-order chi connectivity index (χ1) is 4.18. The van der Waals surface area contributed by atoms with Gasteiger partial charge in [0.1, 0.15) is 0 Å². The lowest BCUT2D eigenvalue weighted by Crippen LogP contribution is -2.24. The minimum atomic E-state index is 0.755. The predicted octanol–water partition coefficient (Wildman–Crippen LogP) is 2.13. The minimum Gasteiger partial charge on any atom is -0.307 e. The Hall–Kier alpha value is -0.0400. The Morgan fingerprint density at radius 1 is 1.33 bits per heavy atom. The lowest BCUT2D eigenvalue weighted by atomic mass is 10.1. The molecule has 1 nitrogen and oxygen atoms in total. The molecule has 0 spiro atoms. The summed E-state index contributed by atoms with van der Waals surface area (Å²) in [6.45, 7) is 4.51. The highest BCUT2D eigenvalue weighted by Crippen LogP contribution is 2.03. The van der Waals surface area contributed by atoms with E-state index in [-0.39, 0.29) is 0 Å². The molecular weight excluding hydrogens is 110 g/mol. The molecule has 0 aromatic rings. The van der Waals surface area contributed by atoms with Crippen molar-refractivity contribution in [3.05, 3.63) is 0 Å². The molecule has 1 heteroatoms. The number of hydrogen-bond acceptors (Lipinski definition) is 1. The van der Waals surface area contributed by atoms with Gasteiger partial charge < -0.3 is 4.90 Å². The van der Waals surface area contributed by atoms with Crippen LogP contribution in [0.3, 0.4) is 0 Å². The smallest absolute Gasteiger partial charge is 0.00608 e. The van der Waals surface area contributed by atoms with Crippen LogP contribution >= 0.6 is 0 Å². The Balaban J connectivity index is 3.16. The van der Waals surface area contributed by atoms with Gasteiger partial charge in [-0.05, 0) is 27.4 Å². The molecule has 0 bridgehead atoms. The van der Waals surface area contributed by atoms with Crippen LogP contribution < -0.4 is 0 Å². The van der Waals surface area contributed by atoms with Crippen molar-refractivity contribution in [3.63, 3.8) is 0 Å². The van der Waals surface area contributed by atoms with Crippen LogP contribution in [0.5, 0.6) is 0 Å². The quantitative estimate of drug-likeness (QED) is 0.562. The number of unbranched alkanes of at least 4 members (excludes halogenated alkanes) is 1. The van der Waals surface area contributed by atoms with E-state index in [0.717, 1.165) is 6.04 Å². The number of hydrogen-bond donors (Lipinski definition) is 0. The molecule has 0 radical (unpaired) electrons. The first-order valence-electron chi connectivity index (χ1n) is 3.85. The average Bonchev–Trinajstić information content (AvgIpc) is 1.82. The van der Waals surface area contributed by atoms with E-state index < -0.39 is 0 Å². The van der Waals surface area contributed by atoms with Crippen molar-refractivity contribution < 1.29 is 0 Å². The molecule has 0 fully saturated rings. The second-order valence-electron chi connectivity index (χ2n) is 2.95. The Labute approximate surface area is 59.1 Å². The molecule has 0 N–H and O–H groups in total. The van der Waals surface area contributed by atoms with Gasteiger partial charge in [-0.25, -0.2) is 0 Å². The highest BCUT2D eigenvalue weighted by Gasteiger charge is 2.01. The Kier molecular flexibility index (Phi) is 4.78. The SMILES string of the molecule is CCCC[C@H](C)N(C)C. The fourth-order valence-electron chi connectivity index (χ4n) is 0.758. The maximum atomic E-state index is 2.27. The maximum absolute atomic E-state index is 2.27. The highest BCUT2D eigenvalue weighted by atomic mass is 15.1. The Morgan fingerprint density at radius 3 is 2.22 bits per heavy atom. The molecule has 0 heterocycles. The van der Waals surface area contributed by atoms with Gasteiger partial charge in [0.05, 0.1) is 0 Å². The first kappa shape index (κ1) is 8.96. The van der Waals surface area contributed by atoms with Crippen molar-refractivity contribution in [2.45, 2.75) is 39.2 Å². The van der Waals surface area contributed by atoms with Crippen molar-refractivity contribution in [1.82, 2.24) is 4.90 Å². The molecule has 9 heavy (non-hydrogen) atoms. The van der Waals surface area contributed by atoms with Crippen LogP contribution in [0, 0.1) is 0 Å². The molecule has 0 amide bonds. The monoisotopic (exact) mass is 129 g/mol. The summed E-state index contributed by atoms with van der Waals surface area (Å²) in [5.41, 5.74) is 0. The van der Waals surface area contributed by atoms with Crippen LogP contribution in [0.25, 0.3) is 0 Å². The molecule has 0 aromatic carbocycles. The van der Waals surface area contributed by atoms with Crippen molar-refractivity contribution in [2.75, 3.05) is 14.1 Å². The molecule has 0 aromatic heterocycles. The summed E-state index contributed by atoms with van der Waals surface area (Å²) in [4.78, 5) is 2.27. The maximum Gasteiger partial charge on any atom is 0.00608 e. The molecule has 0 aliphatic carbocycles. The first-order valence-corrected chi connectivity index (χ1v) is 3.85. The zero-order chi connectivity index (χ0) is 7.28. The van der Waals surface area contributed by atoms with Crippen molar-refractivity contribution in [1.29, 1.82) is 0 Å². The van der Waals surface area contributed by atoms with Gasteiger partial charge in [0.25, 0.3) is 0 Å². The van der Waals surface area contributed by atoms with E-state index in [1.165, 1.54) is 19.3 Å². The summed E-state index contributed by atoms with van der Waals surface area (Å²) in [7, 11) is 4.28. The third-order valence-corrected chi connectivity index (χ3v) is 1.86. The minimum absolute atomic E-state index is 0.755. The van der Waals surface area contributed by atoms with Crippen molar-refractivity contribution in [3.8, 4) is 0 Å². The van der Waals surface area contributed by atoms with Gasteiger partial charge in [0.15, 0.2) is 0 Å². The standard InChI is InChI=1S/C8H19N/c1-5-6-7-8(2)9(3)4/h8H,5-7H2,1-4H3/t8-/m0/s1. The van der Waals surface area contributed by atoms with Crippen molar-refractivity contribution in [2.24, 2.45) is 0 Å². The van der Waals surface area contributed by atoms with E-state index in [1.807, 2.05) is 0 Å². The average molecular weight is 129 g/mol. The second-order valence-corrected chi connectivity index (χ2v) is 2.95. The van der Waals surface area contributed by atoms with Gasteiger partial charge in [-0.3, -0.25) is 0 Å². The zero-order valence-electron chi connectivity index (χ0n) is 7.15. The molecule has 0 unspecified atom stereocenters. The molecule has 0 rings (SSSR count). The van der Waals surface area contributed by atoms with Crippen LogP contribution in [-0.4, -0.2) is 25.0 Å². The number of rotatable bonds is 4. The summed E-state index contributed by atoms with van der Waals surface area (Å²) in [6.07, 6.45) is 4.01. The normalized spacial score (nSPS) is 14.3.